The second-order valence-corrected chi connectivity index (χ2v) is 7.42. The molecule has 0 saturated heterocycles. The van der Waals surface area contributed by atoms with E-state index < -0.39 is 5.91 Å². The van der Waals surface area contributed by atoms with E-state index in [1.54, 1.807) is 23.0 Å². The van der Waals surface area contributed by atoms with Gasteiger partial charge in [-0.15, -0.1) is 0 Å². The molecule has 0 saturated carbocycles. The summed E-state index contributed by atoms with van der Waals surface area (Å²) in [5, 5.41) is 7.92. The summed E-state index contributed by atoms with van der Waals surface area (Å²) in [7, 11) is 0. The number of carbonyl (C=O) groups is 2. The zero-order chi connectivity index (χ0) is 22.0. The van der Waals surface area contributed by atoms with Gasteiger partial charge in [-0.05, 0) is 36.8 Å². The van der Waals surface area contributed by atoms with Crippen LogP contribution in [0.2, 0.25) is 5.02 Å². The maximum absolute atomic E-state index is 12.5. The van der Waals surface area contributed by atoms with E-state index in [0.717, 1.165) is 11.1 Å². The second-order valence-electron chi connectivity index (χ2n) is 7.01. The first-order chi connectivity index (χ1) is 15.0. The number of hydrogen-bond donors (Lipinski definition) is 2. The average Bonchev–Trinajstić information content (AvgIpc) is 3.16. The Labute approximate surface area is 183 Å². The molecule has 1 atom stereocenters. The molecule has 160 valence electrons. The highest BCUT2D eigenvalue weighted by Gasteiger charge is 2.31. The number of nitrogens with zero attached hydrogens (tertiary/aromatic N) is 2. The molecule has 1 unspecified atom stereocenters. The molecule has 2 heterocycles. The van der Waals surface area contributed by atoms with Gasteiger partial charge in [0.05, 0.1) is 23.5 Å². The molecule has 4 rings (SSSR count). The van der Waals surface area contributed by atoms with E-state index >= 15 is 0 Å². The fourth-order valence-corrected chi connectivity index (χ4v) is 3.82. The Morgan fingerprint density at radius 2 is 2.06 bits per heavy atom. The van der Waals surface area contributed by atoms with Crippen molar-refractivity contribution in [2.75, 3.05) is 18.5 Å². The number of halogens is 1. The van der Waals surface area contributed by atoms with Crippen LogP contribution in [-0.2, 0) is 9.59 Å². The Hall–Kier alpha value is -3.52. The lowest BCUT2D eigenvalue weighted by Crippen LogP contribution is -2.24. The number of carbonyl (C=O) groups excluding carboxylic acids is 2. The van der Waals surface area contributed by atoms with Gasteiger partial charge in [0.1, 0.15) is 5.82 Å². The number of ether oxygens (including phenoxy) is 2. The van der Waals surface area contributed by atoms with Crippen LogP contribution in [0.1, 0.15) is 30.4 Å². The predicted molar refractivity (Wildman–Crippen MR) is 116 cm³/mol. The molecule has 0 spiro atoms. The molecule has 0 fully saturated rings. The quantitative estimate of drug-likeness (QED) is 0.586. The minimum absolute atomic E-state index is 0.127. The maximum Gasteiger partial charge on any atom is 0.255 e. The molecule has 31 heavy (non-hydrogen) atoms. The van der Waals surface area contributed by atoms with Gasteiger partial charge in [-0.2, -0.15) is 5.10 Å². The molecule has 0 bridgehead atoms. The number of nitrogens with two attached hydrogens (primary N) is 1. The fourth-order valence-electron chi connectivity index (χ4n) is 3.60. The monoisotopic (exact) mass is 440 g/mol. The number of anilines is 1. The van der Waals surface area contributed by atoms with Crippen molar-refractivity contribution in [3.63, 3.8) is 0 Å². The van der Waals surface area contributed by atoms with Gasteiger partial charge < -0.3 is 20.5 Å². The van der Waals surface area contributed by atoms with Gasteiger partial charge in [0.2, 0.25) is 5.91 Å². The van der Waals surface area contributed by atoms with Crippen molar-refractivity contribution in [3.05, 3.63) is 64.8 Å². The van der Waals surface area contributed by atoms with Gasteiger partial charge in [-0.25, -0.2) is 4.68 Å². The van der Waals surface area contributed by atoms with E-state index in [1.165, 1.54) is 0 Å². The number of para-hydroxylation sites is 1. The van der Waals surface area contributed by atoms with Crippen molar-refractivity contribution in [1.82, 2.24) is 9.78 Å². The molecule has 1 aliphatic heterocycles. The van der Waals surface area contributed by atoms with Crippen LogP contribution in [0.5, 0.6) is 11.5 Å². The third-order valence-electron chi connectivity index (χ3n) is 4.94. The minimum Gasteiger partial charge on any atom is -0.490 e. The number of nitrogens with one attached hydrogen (secondary N) is 1. The lowest BCUT2D eigenvalue weighted by molar-refractivity contribution is -0.120. The van der Waals surface area contributed by atoms with Gasteiger partial charge >= 0.3 is 0 Å². The molecule has 2 aromatic carbocycles. The second kappa shape index (κ2) is 8.69. The first kappa shape index (κ1) is 20.7. The summed E-state index contributed by atoms with van der Waals surface area (Å²) < 4.78 is 12.8. The minimum atomic E-state index is -0.577. The number of amides is 2. The Morgan fingerprint density at radius 1 is 1.26 bits per heavy atom. The van der Waals surface area contributed by atoms with E-state index in [9.17, 15) is 9.59 Å². The van der Waals surface area contributed by atoms with Crippen LogP contribution >= 0.6 is 11.6 Å². The first-order valence-electron chi connectivity index (χ1n) is 9.78. The van der Waals surface area contributed by atoms with Gasteiger partial charge in [-0.1, -0.05) is 29.8 Å². The van der Waals surface area contributed by atoms with Crippen LogP contribution < -0.4 is 20.5 Å². The van der Waals surface area contributed by atoms with Crippen molar-refractivity contribution in [3.8, 4) is 17.2 Å². The molecule has 0 radical (unpaired) electrons. The van der Waals surface area contributed by atoms with Crippen LogP contribution in [-0.4, -0.2) is 34.8 Å². The Morgan fingerprint density at radius 3 is 2.81 bits per heavy atom. The normalized spacial score (nSPS) is 15.2. The highest BCUT2D eigenvalue weighted by molar-refractivity contribution is 6.32. The highest BCUT2D eigenvalue weighted by atomic mass is 35.5. The number of fused-ring (bicyclic) bond motifs is 1. The largest absolute Gasteiger partial charge is 0.490 e. The van der Waals surface area contributed by atoms with E-state index in [4.69, 9.17) is 26.8 Å². The van der Waals surface area contributed by atoms with Crippen molar-refractivity contribution in [2.45, 2.75) is 19.3 Å². The van der Waals surface area contributed by atoms with Crippen molar-refractivity contribution < 1.29 is 19.1 Å². The van der Waals surface area contributed by atoms with Gasteiger partial charge in [0.25, 0.3) is 5.91 Å². The summed E-state index contributed by atoms with van der Waals surface area (Å²) in [6.07, 6.45) is 1.99. The molecule has 2 amide bonds. The van der Waals surface area contributed by atoms with E-state index in [0.29, 0.717) is 34.6 Å². The molecule has 0 aliphatic carbocycles. The molecule has 1 aliphatic rings. The summed E-state index contributed by atoms with van der Waals surface area (Å²) in [6.45, 7) is 2.02. The molecule has 3 aromatic rings. The van der Waals surface area contributed by atoms with Crippen LogP contribution in [0.25, 0.3) is 5.69 Å². The van der Waals surface area contributed by atoms with Gasteiger partial charge in [-0.3, -0.25) is 9.59 Å². The lowest BCUT2D eigenvalue weighted by atomic mass is 9.87. The zero-order valence-corrected chi connectivity index (χ0v) is 17.6. The number of rotatable bonds is 7. The number of primary amides is 1. The van der Waals surface area contributed by atoms with E-state index in [-0.39, 0.29) is 24.9 Å². The summed E-state index contributed by atoms with van der Waals surface area (Å²) in [6, 6.07) is 12.7. The number of hydrogen-bond acceptors (Lipinski definition) is 5. The molecular weight excluding hydrogens is 420 g/mol. The lowest BCUT2D eigenvalue weighted by Gasteiger charge is -2.24. The molecule has 1 aromatic heterocycles. The number of aromatic nitrogens is 2. The summed E-state index contributed by atoms with van der Waals surface area (Å²) in [4.78, 5) is 23.6. The Balaban J connectivity index is 1.73. The van der Waals surface area contributed by atoms with E-state index in [2.05, 4.69) is 10.4 Å². The Bertz CT molecular complexity index is 1140. The average molecular weight is 441 g/mol. The third-order valence-corrected chi connectivity index (χ3v) is 5.26. The SMILES string of the molecule is CCOc1cc(C2CC(=O)Nc3c2cnn3-c2ccccc2Cl)ccc1OCC(N)=O. The molecule has 9 heteroatoms. The van der Waals surface area contributed by atoms with Crippen LogP contribution in [0.4, 0.5) is 5.82 Å². The summed E-state index contributed by atoms with van der Waals surface area (Å²) in [5.41, 5.74) is 7.58. The van der Waals surface area contributed by atoms with Crippen molar-refractivity contribution >= 4 is 29.2 Å². The summed E-state index contributed by atoms with van der Waals surface area (Å²) in [5.74, 6) is 0.542. The maximum atomic E-state index is 12.5. The Kier molecular flexibility index (Phi) is 5.81. The van der Waals surface area contributed by atoms with Crippen LogP contribution in [0, 0.1) is 0 Å². The van der Waals surface area contributed by atoms with Crippen LogP contribution in [0.15, 0.2) is 48.7 Å². The standard InChI is InChI=1S/C22H21ClN4O4/c1-2-30-19-9-13(7-8-18(19)31-12-20(24)28)14-10-21(29)26-22-15(14)11-25-27(22)17-6-4-3-5-16(17)23/h3-9,11,14H,2,10,12H2,1H3,(H2,24,28)(H,26,29). The first-order valence-corrected chi connectivity index (χ1v) is 10.2. The fraction of sp³-hybridized carbons (Fsp3) is 0.227. The van der Waals surface area contributed by atoms with Gasteiger partial charge in [0, 0.05) is 17.9 Å². The smallest absolute Gasteiger partial charge is 0.255 e. The van der Waals surface area contributed by atoms with Crippen LogP contribution in [0.3, 0.4) is 0 Å². The molecular formula is C22H21ClN4O4. The zero-order valence-electron chi connectivity index (χ0n) is 16.8. The van der Waals surface area contributed by atoms with E-state index in [1.807, 2.05) is 37.3 Å². The third kappa shape index (κ3) is 4.20. The van der Waals surface area contributed by atoms with Gasteiger partial charge in [0.15, 0.2) is 18.1 Å². The van der Waals surface area contributed by atoms with Crippen molar-refractivity contribution in [1.29, 1.82) is 0 Å². The predicted octanol–water partition coefficient (Wildman–Crippen LogP) is 3.26. The number of benzene rings is 2. The molecule has 8 nitrogen and oxygen atoms in total. The highest BCUT2D eigenvalue weighted by Crippen LogP contribution is 2.41. The topological polar surface area (TPSA) is 108 Å². The summed E-state index contributed by atoms with van der Waals surface area (Å²) >= 11 is 6.34. The molecule has 3 N–H and O–H groups in total. The van der Waals surface area contributed by atoms with Crippen molar-refractivity contribution in [2.24, 2.45) is 5.73 Å².